The Bertz CT molecular complexity index is 2490. The molecule has 0 aliphatic heterocycles. The number of aromatic nitrogens is 1. The molecule has 0 radical (unpaired) electrons. The number of hydrazine groups is 1. The number of carbonyl (C=O) groups is 9. The Kier molecular flexibility index (Phi) is 21.5. The zero-order valence-corrected chi connectivity index (χ0v) is 38.9. The molecule has 4 rings (SSSR count). The van der Waals surface area contributed by atoms with E-state index in [1.807, 2.05) is 42.5 Å². The number of unbranched alkanes of at least 4 members (excludes halogenated alkanes) is 1. The number of benzene rings is 3. The Morgan fingerprint density at radius 1 is 0.609 bits per heavy atom. The number of hydrogen-bond donors (Lipinski definition) is 12. The fourth-order valence-electron chi connectivity index (χ4n) is 6.60. The molecule has 366 valence electrons. The average molecular weight is 1070 g/mol. The monoisotopic (exact) mass is 1070 g/mol. The number of carboxylic acid groups (broad SMARTS) is 4. The first kappa shape index (κ1) is 53.7. The van der Waals surface area contributed by atoms with Crippen molar-refractivity contribution in [3.8, 4) is 0 Å². The van der Waals surface area contributed by atoms with Crippen LogP contribution in [0.1, 0.15) is 76.8 Å². The summed E-state index contributed by atoms with van der Waals surface area (Å²) in [6.07, 6.45) is 1.55. The minimum absolute atomic E-state index is 0.0428. The molecule has 4 unspecified atom stereocenters. The van der Waals surface area contributed by atoms with Crippen LogP contribution in [-0.2, 0) is 41.7 Å². The predicted octanol–water partition coefficient (Wildman–Crippen LogP) is 2.51. The van der Waals surface area contributed by atoms with Crippen molar-refractivity contribution in [1.82, 2.24) is 42.3 Å². The molecule has 4 aromatic rings. The highest BCUT2D eigenvalue weighted by Gasteiger charge is 2.27. The third kappa shape index (κ3) is 18.7. The molecule has 0 saturated carbocycles. The van der Waals surface area contributed by atoms with E-state index < -0.39 is 97.0 Å². The summed E-state index contributed by atoms with van der Waals surface area (Å²) in [5, 5.41) is 54.0. The van der Waals surface area contributed by atoms with E-state index in [4.69, 9.17) is 5.11 Å². The lowest BCUT2D eigenvalue weighted by atomic mass is 10.0. The van der Waals surface area contributed by atoms with Crippen LogP contribution in [0, 0.1) is 0 Å². The number of amides is 6. The van der Waals surface area contributed by atoms with Gasteiger partial charge in [-0.05, 0) is 78.3 Å². The quantitative estimate of drug-likeness (QED) is 0.0128. The van der Waals surface area contributed by atoms with Crippen LogP contribution in [0.3, 0.4) is 0 Å². The first-order valence-corrected chi connectivity index (χ1v) is 22.3. The van der Waals surface area contributed by atoms with E-state index in [1.54, 1.807) is 35.0 Å². The topological polar surface area (TPSA) is 356 Å². The number of aliphatic carboxylic acids is 4. The van der Waals surface area contributed by atoms with Gasteiger partial charge in [-0.1, -0.05) is 54.6 Å². The maximum atomic E-state index is 13.6. The molecular weight excluding hydrogens is 1020 g/mol. The lowest BCUT2D eigenvalue weighted by Crippen LogP contribution is -2.51. The Hall–Kier alpha value is -7.90. The number of anilines is 1. The summed E-state index contributed by atoms with van der Waals surface area (Å²) in [7, 11) is 0. The van der Waals surface area contributed by atoms with Gasteiger partial charge in [-0.25, -0.2) is 22.6 Å². The number of urea groups is 1. The number of halogens is 1. The Balaban J connectivity index is 1.35. The van der Waals surface area contributed by atoms with Gasteiger partial charge in [0.25, 0.3) is 11.8 Å². The van der Waals surface area contributed by atoms with Crippen LogP contribution < -0.4 is 42.8 Å². The van der Waals surface area contributed by atoms with Gasteiger partial charge in [0.15, 0.2) is 0 Å². The molecule has 4 atom stereocenters. The summed E-state index contributed by atoms with van der Waals surface area (Å²) >= 11 is 1.77. The van der Waals surface area contributed by atoms with Crippen molar-refractivity contribution < 1.29 is 63.6 Å². The molecule has 1 heterocycles. The van der Waals surface area contributed by atoms with Gasteiger partial charge >= 0.3 is 29.9 Å². The Morgan fingerprint density at radius 3 is 1.81 bits per heavy atom. The van der Waals surface area contributed by atoms with Crippen molar-refractivity contribution in [2.45, 2.75) is 82.1 Å². The number of rotatable bonds is 28. The minimum Gasteiger partial charge on any atom is -0.481 e. The zero-order valence-electron chi connectivity index (χ0n) is 36.8. The van der Waals surface area contributed by atoms with E-state index in [0.29, 0.717) is 11.4 Å². The van der Waals surface area contributed by atoms with Gasteiger partial charge in [-0.2, -0.15) is 0 Å². The molecule has 6 amide bonds. The molecule has 0 saturated heterocycles. The van der Waals surface area contributed by atoms with Crippen LogP contribution in [0.15, 0.2) is 88.3 Å². The van der Waals surface area contributed by atoms with Gasteiger partial charge < -0.3 is 52.3 Å². The molecular formula is C45H51IN10O13. The number of hydrogen-bond acceptors (Lipinski definition) is 12. The fraction of sp³-hybridized carbons (Fsp3) is 0.311. The van der Waals surface area contributed by atoms with E-state index >= 15 is 0 Å². The lowest BCUT2D eigenvalue weighted by Gasteiger charge is -2.20. The molecule has 0 fully saturated rings. The zero-order chi connectivity index (χ0) is 50.3. The molecule has 3 aromatic carbocycles. The largest absolute Gasteiger partial charge is 0.481 e. The van der Waals surface area contributed by atoms with Crippen molar-refractivity contribution in [3.05, 3.63) is 107 Å². The maximum Gasteiger partial charge on any atom is 0.326 e. The lowest BCUT2D eigenvalue weighted by molar-refractivity contribution is -0.141. The molecule has 69 heavy (non-hydrogen) atoms. The van der Waals surface area contributed by atoms with Crippen molar-refractivity contribution in [2.75, 3.05) is 12.0 Å². The third-order valence-electron chi connectivity index (χ3n) is 10.2. The molecule has 0 spiro atoms. The van der Waals surface area contributed by atoms with Gasteiger partial charge in [-0.15, -0.1) is 0 Å². The minimum atomic E-state index is -1.56. The van der Waals surface area contributed by atoms with Gasteiger partial charge in [0.1, 0.15) is 36.3 Å². The van der Waals surface area contributed by atoms with Crippen LogP contribution in [0.25, 0.3) is 10.8 Å². The van der Waals surface area contributed by atoms with Crippen LogP contribution in [0.5, 0.6) is 0 Å². The highest BCUT2D eigenvalue weighted by molar-refractivity contribution is 14.1. The summed E-state index contributed by atoms with van der Waals surface area (Å²) in [6, 6.07) is 16.0. The smallest absolute Gasteiger partial charge is 0.326 e. The van der Waals surface area contributed by atoms with Crippen LogP contribution >= 0.6 is 22.9 Å². The summed E-state index contributed by atoms with van der Waals surface area (Å²) < 4.78 is 3.72. The Morgan fingerprint density at radius 2 is 1.19 bits per heavy atom. The summed E-state index contributed by atoms with van der Waals surface area (Å²) in [5.74, 6) is -7.37. The fourth-order valence-corrected chi connectivity index (χ4v) is 6.74. The van der Waals surface area contributed by atoms with Crippen molar-refractivity contribution >= 4 is 99.3 Å². The normalized spacial score (nSPS) is 12.6. The molecule has 24 heteroatoms. The number of nitrogens with zero attached hydrogens (tertiary/aromatic N) is 2. The summed E-state index contributed by atoms with van der Waals surface area (Å²) in [5.41, 5.74) is 7.02. The second kappa shape index (κ2) is 27.7. The molecule has 0 aliphatic rings. The van der Waals surface area contributed by atoms with E-state index in [2.05, 4.69) is 50.9 Å². The average Bonchev–Trinajstić information content (AvgIpc) is 3.32. The molecule has 0 aliphatic carbocycles. The molecule has 0 bridgehead atoms. The number of carboxylic acids is 4. The van der Waals surface area contributed by atoms with Crippen molar-refractivity contribution in [2.24, 2.45) is 3.21 Å². The van der Waals surface area contributed by atoms with Crippen molar-refractivity contribution in [3.63, 3.8) is 0 Å². The first-order valence-electron chi connectivity index (χ1n) is 21.3. The van der Waals surface area contributed by atoms with Gasteiger partial charge in [-0.3, -0.25) is 39.6 Å². The SMILES string of the molecule is O=C(O)CCC(NC(=O)NC(CCCCNC(=O)C(Cc1ccc2ccccc2c1)NC(=O)c1ccc(CNC(=O)C(CCC(=O)O)NC(=O)c2ccc(NNC=NI)nc2)cc1)C(=O)O)C(=O)O. The highest BCUT2D eigenvalue weighted by Crippen LogP contribution is 2.18. The van der Waals surface area contributed by atoms with E-state index in [-0.39, 0.29) is 56.3 Å². The standard InChI is InChI=1S/C45H51IN10O13/c46-50-25-51-56-36-17-14-31(24-48-36)40(62)52-32(15-18-37(57)58)41(63)49-23-26-8-12-29(13-9-26)39(61)53-35(22-27-10-11-28-5-1-2-6-30(28)21-27)42(64)47-20-4-3-7-33(43(65)66)54-45(69)55-34(44(67)68)16-19-38(59)60/h1-2,5-6,8-14,17,21,24-25,32-35H,3-4,7,15-16,18-20,22-23H2,(H,47,64)(H,48,56)(H,49,63)(H,50,51)(H,52,62)(H,53,61)(H,57,58)(H,59,60)(H,65,66)(H,67,68)(H2,54,55,69). The van der Waals surface area contributed by atoms with Gasteiger partial charge in [0.2, 0.25) is 11.8 Å². The maximum absolute atomic E-state index is 13.6. The second-order valence-corrected chi connectivity index (χ2v) is 15.9. The summed E-state index contributed by atoms with van der Waals surface area (Å²) in [4.78, 5) is 115. The molecule has 23 nitrogen and oxygen atoms in total. The van der Waals surface area contributed by atoms with Crippen LogP contribution in [0.2, 0.25) is 0 Å². The predicted molar refractivity (Wildman–Crippen MR) is 257 cm³/mol. The molecule has 12 N–H and O–H groups in total. The number of nitrogens with one attached hydrogen (secondary N) is 8. The summed E-state index contributed by atoms with van der Waals surface area (Å²) in [6.45, 7) is 0.0211. The van der Waals surface area contributed by atoms with Crippen LogP contribution in [0.4, 0.5) is 10.6 Å². The van der Waals surface area contributed by atoms with Gasteiger partial charge in [0.05, 0.1) is 28.4 Å². The van der Waals surface area contributed by atoms with Gasteiger partial charge in [0, 0.05) is 44.1 Å². The van der Waals surface area contributed by atoms with Crippen LogP contribution in [-0.4, -0.2) is 116 Å². The highest BCUT2D eigenvalue weighted by atomic mass is 127. The van der Waals surface area contributed by atoms with Crippen molar-refractivity contribution in [1.29, 1.82) is 0 Å². The Labute approximate surface area is 408 Å². The molecule has 1 aromatic heterocycles. The van der Waals surface area contributed by atoms with E-state index in [0.717, 1.165) is 16.3 Å². The van der Waals surface area contributed by atoms with E-state index in [1.165, 1.54) is 36.8 Å². The second-order valence-electron chi connectivity index (χ2n) is 15.3. The number of pyridine rings is 1. The van der Waals surface area contributed by atoms with E-state index in [9.17, 15) is 58.5 Å². The number of carbonyl (C=O) groups excluding carboxylic acids is 5. The number of fused-ring (bicyclic) bond motifs is 1. The third-order valence-corrected chi connectivity index (χ3v) is 10.5. The first-order chi connectivity index (χ1) is 33.0.